The number of hydrogen-bond acceptors (Lipinski definition) is 3. The van der Waals surface area contributed by atoms with Gasteiger partial charge in [0.05, 0.1) is 16.6 Å². The van der Waals surface area contributed by atoms with Crippen molar-refractivity contribution < 1.29 is 0 Å². The van der Waals surface area contributed by atoms with E-state index in [4.69, 9.17) is 16.6 Å². The Morgan fingerprint density at radius 2 is 1.82 bits per heavy atom. The van der Waals surface area contributed by atoms with Crippen LogP contribution in [0, 0.1) is 13.8 Å². The number of aromatic nitrogens is 2. The van der Waals surface area contributed by atoms with E-state index in [1.807, 2.05) is 43.3 Å². The van der Waals surface area contributed by atoms with E-state index in [0.717, 1.165) is 17.0 Å². The first-order valence-electron chi connectivity index (χ1n) is 8.99. The Kier molecular flexibility index (Phi) is 5.25. The molecule has 0 bridgehead atoms. The maximum atomic E-state index is 13.3. The van der Waals surface area contributed by atoms with Gasteiger partial charge in [0, 0.05) is 10.8 Å². The van der Waals surface area contributed by atoms with Crippen molar-refractivity contribution in [3.63, 3.8) is 0 Å². The molecule has 0 amide bonds. The van der Waals surface area contributed by atoms with Crippen molar-refractivity contribution in [1.29, 1.82) is 0 Å². The van der Waals surface area contributed by atoms with E-state index in [-0.39, 0.29) is 5.56 Å². The van der Waals surface area contributed by atoms with Crippen molar-refractivity contribution >= 4 is 34.3 Å². The van der Waals surface area contributed by atoms with Gasteiger partial charge < -0.3 is 0 Å². The average Bonchev–Trinajstić information content (AvgIpc) is 2.67. The monoisotopic (exact) mass is 406 g/mol. The van der Waals surface area contributed by atoms with Crippen LogP contribution in [-0.4, -0.2) is 9.55 Å². The van der Waals surface area contributed by atoms with Crippen LogP contribution in [0.25, 0.3) is 16.6 Å². The quantitative estimate of drug-likeness (QED) is 0.310. The minimum atomic E-state index is -0.0837. The number of nitrogens with zero attached hydrogens (tertiary/aromatic N) is 2. The highest BCUT2D eigenvalue weighted by atomic mass is 35.5. The van der Waals surface area contributed by atoms with Crippen molar-refractivity contribution in [3.05, 3.63) is 98.8 Å². The standard InChI is InChI=1S/C23H19ClN2OS/c1-15-6-5-9-19(12-15)26-22(27)20-11-10-18(24)13-21(20)25-23(26)28-14-17-8-4-3-7-16(17)2/h3-13H,14H2,1-2H3. The minimum Gasteiger partial charge on any atom is -0.268 e. The molecule has 4 rings (SSSR count). The van der Waals surface area contributed by atoms with E-state index in [1.165, 1.54) is 11.1 Å². The SMILES string of the molecule is Cc1cccc(-n2c(SCc3ccccc3C)nc3cc(Cl)ccc3c2=O)c1. The van der Waals surface area contributed by atoms with Crippen LogP contribution in [0.1, 0.15) is 16.7 Å². The predicted molar refractivity (Wildman–Crippen MR) is 118 cm³/mol. The molecule has 0 aliphatic rings. The zero-order chi connectivity index (χ0) is 19.7. The molecule has 0 saturated carbocycles. The fraction of sp³-hybridized carbons (Fsp3) is 0.130. The van der Waals surface area contributed by atoms with Crippen molar-refractivity contribution in [2.24, 2.45) is 0 Å². The van der Waals surface area contributed by atoms with E-state index in [1.54, 1.807) is 34.5 Å². The highest BCUT2D eigenvalue weighted by Gasteiger charge is 2.14. The van der Waals surface area contributed by atoms with Crippen LogP contribution in [-0.2, 0) is 5.75 Å². The summed E-state index contributed by atoms with van der Waals surface area (Å²) in [5.41, 5.74) is 4.90. The molecule has 3 aromatic carbocycles. The van der Waals surface area contributed by atoms with Gasteiger partial charge in [-0.15, -0.1) is 0 Å². The molecule has 0 radical (unpaired) electrons. The Morgan fingerprint density at radius 3 is 2.61 bits per heavy atom. The van der Waals surface area contributed by atoms with E-state index in [2.05, 4.69) is 19.1 Å². The van der Waals surface area contributed by atoms with Crippen molar-refractivity contribution in [3.8, 4) is 5.69 Å². The Bertz CT molecular complexity index is 1230. The predicted octanol–water partition coefficient (Wildman–Crippen LogP) is 5.95. The fourth-order valence-corrected chi connectivity index (χ4v) is 4.40. The van der Waals surface area contributed by atoms with Crippen LogP contribution < -0.4 is 5.56 Å². The second-order valence-electron chi connectivity index (χ2n) is 6.75. The molecule has 0 unspecified atom stereocenters. The molecule has 0 fully saturated rings. The summed E-state index contributed by atoms with van der Waals surface area (Å²) in [5.74, 6) is 0.733. The van der Waals surface area contributed by atoms with Crippen molar-refractivity contribution in [2.45, 2.75) is 24.8 Å². The van der Waals surface area contributed by atoms with Crippen LogP contribution in [0.15, 0.2) is 76.7 Å². The number of fused-ring (bicyclic) bond motifs is 1. The fourth-order valence-electron chi connectivity index (χ4n) is 3.14. The average molecular weight is 407 g/mol. The third kappa shape index (κ3) is 3.71. The van der Waals surface area contributed by atoms with Gasteiger partial charge in [-0.3, -0.25) is 9.36 Å². The largest absolute Gasteiger partial charge is 0.268 e. The van der Waals surface area contributed by atoms with Gasteiger partial charge in [-0.25, -0.2) is 4.98 Å². The van der Waals surface area contributed by atoms with E-state index in [0.29, 0.717) is 21.1 Å². The number of rotatable bonds is 4. The smallest absolute Gasteiger partial charge is 0.266 e. The minimum absolute atomic E-state index is 0.0837. The van der Waals surface area contributed by atoms with Gasteiger partial charge in [0.1, 0.15) is 0 Å². The summed E-state index contributed by atoms with van der Waals surface area (Å²) in [6.45, 7) is 4.11. The second kappa shape index (κ2) is 7.82. The van der Waals surface area contributed by atoms with E-state index in [9.17, 15) is 4.79 Å². The summed E-state index contributed by atoms with van der Waals surface area (Å²) in [7, 11) is 0. The molecule has 4 aromatic rings. The maximum absolute atomic E-state index is 13.3. The molecule has 0 aliphatic heterocycles. The zero-order valence-corrected chi connectivity index (χ0v) is 17.2. The van der Waals surface area contributed by atoms with Gasteiger partial charge >= 0.3 is 0 Å². The highest BCUT2D eigenvalue weighted by Crippen LogP contribution is 2.27. The molecule has 1 heterocycles. The van der Waals surface area contributed by atoms with Gasteiger partial charge in [0.15, 0.2) is 5.16 Å². The lowest BCUT2D eigenvalue weighted by molar-refractivity contribution is 0.818. The van der Waals surface area contributed by atoms with E-state index < -0.39 is 0 Å². The molecule has 1 aromatic heterocycles. The number of benzene rings is 3. The van der Waals surface area contributed by atoms with Crippen LogP contribution >= 0.6 is 23.4 Å². The molecular formula is C23H19ClN2OS. The maximum Gasteiger partial charge on any atom is 0.266 e. The molecule has 28 heavy (non-hydrogen) atoms. The Balaban J connectivity index is 1.88. The third-order valence-corrected chi connectivity index (χ3v) is 5.90. The molecule has 140 valence electrons. The lowest BCUT2D eigenvalue weighted by Gasteiger charge is -2.14. The first-order valence-corrected chi connectivity index (χ1v) is 10.4. The topological polar surface area (TPSA) is 34.9 Å². The normalized spacial score (nSPS) is 11.1. The van der Waals surface area contributed by atoms with Crippen molar-refractivity contribution in [2.75, 3.05) is 0 Å². The molecule has 0 aliphatic carbocycles. The first kappa shape index (κ1) is 18.8. The summed E-state index contributed by atoms with van der Waals surface area (Å²) in [6.07, 6.45) is 0. The van der Waals surface area contributed by atoms with Crippen LogP contribution in [0.2, 0.25) is 5.02 Å². The Labute approximate surface area is 173 Å². The number of hydrogen-bond donors (Lipinski definition) is 0. The van der Waals surface area contributed by atoms with Crippen LogP contribution in [0.4, 0.5) is 0 Å². The number of halogens is 1. The molecule has 0 saturated heterocycles. The lowest BCUT2D eigenvalue weighted by atomic mass is 10.1. The number of thioether (sulfide) groups is 1. The summed E-state index contributed by atoms with van der Waals surface area (Å²) < 4.78 is 1.70. The highest BCUT2D eigenvalue weighted by molar-refractivity contribution is 7.98. The van der Waals surface area contributed by atoms with Crippen LogP contribution in [0.3, 0.4) is 0 Å². The van der Waals surface area contributed by atoms with Gasteiger partial charge in [0.25, 0.3) is 5.56 Å². The van der Waals surface area contributed by atoms with Gasteiger partial charge in [0.2, 0.25) is 0 Å². The Morgan fingerprint density at radius 1 is 1.00 bits per heavy atom. The molecular weight excluding hydrogens is 388 g/mol. The van der Waals surface area contributed by atoms with E-state index >= 15 is 0 Å². The lowest BCUT2D eigenvalue weighted by Crippen LogP contribution is -2.21. The Hall–Kier alpha value is -2.56. The molecule has 0 N–H and O–H groups in total. The molecule has 3 nitrogen and oxygen atoms in total. The van der Waals surface area contributed by atoms with Gasteiger partial charge in [-0.05, 0) is 60.9 Å². The summed E-state index contributed by atoms with van der Waals surface area (Å²) >= 11 is 7.70. The third-order valence-electron chi connectivity index (χ3n) is 4.68. The molecule has 0 spiro atoms. The zero-order valence-electron chi connectivity index (χ0n) is 15.6. The summed E-state index contributed by atoms with van der Waals surface area (Å²) in [5, 5.41) is 1.79. The number of aryl methyl sites for hydroxylation is 2. The van der Waals surface area contributed by atoms with Crippen LogP contribution in [0.5, 0.6) is 0 Å². The summed E-state index contributed by atoms with van der Waals surface area (Å²) in [4.78, 5) is 18.1. The molecule has 0 atom stereocenters. The van der Waals surface area contributed by atoms with Gasteiger partial charge in [-0.1, -0.05) is 59.8 Å². The summed E-state index contributed by atoms with van der Waals surface area (Å²) in [6, 6.07) is 21.4. The van der Waals surface area contributed by atoms with Crippen molar-refractivity contribution in [1.82, 2.24) is 9.55 Å². The second-order valence-corrected chi connectivity index (χ2v) is 8.13. The molecule has 5 heteroatoms. The van der Waals surface area contributed by atoms with Gasteiger partial charge in [-0.2, -0.15) is 0 Å². The first-order chi connectivity index (χ1) is 13.5.